The molecular weight excluding hydrogens is 283 g/mol. The molecule has 0 spiro atoms. The molecule has 0 aliphatic rings. The zero-order valence-corrected chi connectivity index (χ0v) is 8.16. The van der Waals surface area contributed by atoms with Gasteiger partial charge in [-0.1, -0.05) is 0 Å². The third kappa shape index (κ3) is 2.34. The van der Waals surface area contributed by atoms with Crippen molar-refractivity contribution in [3.05, 3.63) is 21.2 Å². The summed E-state index contributed by atoms with van der Waals surface area (Å²) in [6.07, 6.45) is 1.45. The van der Waals surface area contributed by atoms with Crippen molar-refractivity contribution in [2.24, 2.45) is 0 Å². The molecule has 0 fully saturated rings. The van der Waals surface area contributed by atoms with E-state index in [1.54, 1.807) is 23.0 Å². The molecule has 0 aromatic carbocycles. The quantitative estimate of drug-likeness (QED) is 0.483. The second-order valence-corrected chi connectivity index (χ2v) is 3.34. The number of nitro groups is 1. The van der Waals surface area contributed by atoms with Gasteiger partial charge in [-0.15, -0.1) is 0 Å². The summed E-state index contributed by atoms with van der Waals surface area (Å²) in [5, 5.41) is 10.0. The minimum absolute atomic E-state index is 0.0894. The Balaban J connectivity index is 2.73. The van der Waals surface area contributed by atoms with Crippen molar-refractivity contribution >= 4 is 39.5 Å². The van der Waals surface area contributed by atoms with E-state index in [9.17, 15) is 10.1 Å². The third-order valence-electron chi connectivity index (χ3n) is 0.894. The van der Waals surface area contributed by atoms with Crippen molar-refractivity contribution < 1.29 is 7.99 Å². The van der Waals surface area contributed by atoms with E-state index in [-0.39, 0.29) is 5.13 Å². The van der Waals surface area contributed by atoms with Crippen LogP contribution in [0.3, 0.4) is 0 Å². The van der Waals surface area contributed by atoms with Gasteiger partial charge in [0.15, 0.2) is 6.20 Å². The monoisotopic (exact) mass is 286 g/mol. The van der Waals surface area contributed by atoms with E-state index in [4.69, 9.17) is 3.07 Å². The minimum Gasteiger partial charge on any atom is -0.357 e. The molecule has 5 nitrogen and oxygen atoms in total. The van der Waals surface area contributed by atoms with Crippen LogP contribution in [-0.2, 0) is 9.67 Å². The van der Waals surface area contributed by atoms with Gasteiger partial charge in [-0.3, -0.25) is 0 Å². The molecule has 0 atom stereocenters. The lowest BCUT2D eigenvalue weighted by Crippen LogP contribution is -1.83. The number of hydrogen-bond acceptors (Lipinski definition) is 5. The number of hydrogen-bond donors (Lipinski definition) is 0. The summed E-state index contributed by atoms with van der Waals surface area (Å²) < 4.78 is 4.74. The van der Waals surface area contributed by atoms with Crippen molar-refractivity contribution in [1.82, 2.24) is 4.98 Å². The second-order valence-electron chi connectivity index (χ2n) is 1.62. The highest BCUT2D eigenvalue weighted by molar-refractivity contribution is 14.1. The van der Waals surface area contributed by atoms with Crippen molar-refractivity contribution in [2.75, 3.05) is 0 Å². The summed E-state index contributed by atoms with van der Waals surface area (Å²) in [5.41, 5.74) is 0. The summed E-state index contributed by atoms with van der Waals surface area (Å²) in [7, 11) is 0. The number of aromatic nitrogens is 1. The average Bonchev–Trinajstić information content (AvgIpc) is 2.37. The average molecular weight is 286 g/mol. The van der Waals surface area contributed by atoms with Gasteiger partial charge in [-0.25, -0.2) is 0 Å². The fourth-order valence-corrected chi connectivity index (χ4v) is 1.69. The summed E-state index contributed by atoms with van der Waals surface area (Å²) >= 11 is 2.75. The predicted octanol–water partition coefficient (Wildman–Crippen LogP) is 1.92. The van der Waals surface area contributed by atoms with Gasteiger partial charge >= 0.3 is 5.13 Å². The molecule has 1 rings (SSSR count). The van der Waals surface area contributed by atoms with Crippen molar-refractivity contribution in [3.8, 4) is 0 Å². The SMILES string of the molecule is O=[N+]([O-])c1ncc(COI)s1. The molecule has 11 heavy (non-hydrogen) atoms. The maximum atomic E-state index is 10.1. The smallest absolute Gasteiger partial charge is 0.357 e. The van der Waals surface area contributed by atoms with E-state index in [1.165, 1.54) is 6.20 Å². The van der Waals surface area contributed by atoms with E-state index in [1.807, 2.05) is 0 Å². The molecule has 0 saturated heterocycles. The fraction of sp³-hybridized carbons (Fsp3) is 0.250. The Hall–Kier alpha value is -0.280. The Morgan fingerprint density at radius 3 is 3.09 bits per heavy atom. The van der Waals surface area contributed by atoms with Crippen LogP contribution in [0.1, 0.15) is 4.88 Å². The maximum Gasteiger partial charge on any atom is 0.423 e. The molecule has 1 heterocycles. The first-order valence-corrected chi connectivity index (χ1v) is 4.26. The Kier molecular flexibility index (Phi) is 3.15. The zero-order valence-electron chi connectivity index (χ0n) is 5.19. The van der Waals surface area contributed by atoms with Crippen LogP contribution >= 0.6 is 34.3 Å². The van der Waals surface area contributed by atoms with Gasteiger partial charge in [-0.05, 0) is 21.2 Å². The Labute approximate surface area is 80.2 Å². The van der Waals surface area contributed by atoms with Crippen LogP contribution in [0.4, 0.5) is 5.13 Å². The van der Waals surface area contributed by atoms with Gasteiger partial charge < -0.3 is 13.2 Å². The van der Waals surface area contributed by atoms with Crippen LogP contribution in [0.2, 0.25) is 0 Å². The maximum absolute atomic E-state index is 10.1. The van der Waals surface area contributed by atoms with Gasteiger partial charge in [-0.2, -0.15) is 0 Å². The highest BCUT2D eigenvalue weighted by Gasteiger charge is 2.11. The van der Waals surface area contributed by atoms with Gasteiger partial charge in [0.2, 0.25) is 0 Å². The van der Waals surface area contributed by atoms with Crippen LogP contribution in [-0.4, -0.2) is 9.91 Å². The number of rotatable bonds is 3. The summed E-state index contributed by atoms with van der Waals surface area (Å²) in [4.78, 5) is 13.9. The molecule has 0 unspecified atom stereocenters. The van der Waals surface area contributed by atoms with Crippen LogP contribution in [0.25, 0.3) is 0 Å². The largest absolute Gasteiger partial charge is 0.423 e. The number of halogens is 1. The van der Waals surface area contributed by atoms with Crippen molar-refractivity contribution in [2.45, 2.75) is 6.61 Å². The van der Waals surface area contributed by atoms with Crippen LogP contribution < -0.4 is 0 Å². The minimum atomic E-state index is -0.513. The normalized spacial score (nSPS) is 9.91. The standard InChI is InChI=1S/C4H3IN2O3S/c5-10-2-3-1-6-4(11-3)7(8)9/h1H,2H2. The highest BCUT2D eigenvalue weighted by Crippen LogP contribution is 2.20. The van der Waals surface area contributed by atoms with E-state index in [2.05, 4.69) is 4.98 Å². The van der Waals surface area contributed by atoms with Crippen LogP contribution in [0.5, 0.6) is 0 Å². The van der Waals surface area contributed by atoms with Gasteiger partial charge in [0.05, 0.1) is 11.5 Å². The van der Waals surface area contributed by atoms with Crippen molar-refractivity contribution in [1.29, 1.82) is 0 Å². The first-order valence-electron chi connectivity index (χ1n) is 2.56. The van der Waals surface area contributed by atoms with Gasteiger partial charge in [0.1, 0.15) is 23.0 Å². The molecule has 1 aromatic rings. The van der Waals surface area contributed by atoms with Gasteiger partial charge in [0, 0.05) is 0 Å². The first kappa shape index (κ1) is 8.81. The molecule has 0 aliphatic heterocycles. The first-order chi connectivity index (χ1) is 5.24. The third-order valence-corrected chi connectivity index (χ3v) is 2.13. The molecule has 0 radical (unpaired) electrons. The summed E-state index contributed by atoms with van der Waals surface area (Å²) in [6, 6.07) is 0. The van der Waals surface area contributed by atoms with Crippen LogP contribution in [0, 0.1) is 10.1 Å². The van der Waals surface area contributed by atoms with E-state index < -0.39 is 4.92 Å². The highest BCUT2D eigenvalue weighted by atomic mass is 127. The lowest BCUT2D eigenvalue weighted by Gasteiger charge is -1.85. The fourth-order valence-electron chi connectivity index (χ4n) is 0.502. The number of nitrogens with zero attached hydrogens (tertiary/aromatic N) is 2. The van der Waals surface area contributed by atoms with E-state index >= 15 is 0 Å². The van der Waals surface area contributed by atoms with Crippen LogP contribution in [0.15, 0.2) is 6.20 Å². The molecule has 0 aliphatic carbocycles. The summed E-state index contributed by atoms with van der Waals surface area (Å²) in [5.74, 6) is 0. The van der Waals surface area contributed by atoms with E-state index in [0.717, 1.165) is 16.2 Å². The molecule has 0 N–H and O–H groups in total. The summed E-state index contributed by atoms with van der Waals surface area (Å²) in [6.45, 7) is 0.367. The Morgan fingerprint density at radius 2 is 2.64 bits per heavy atom. The van der Waals surface area contributed by atoms with E-state index in [0.29, 0.717) is 6.61 Å². The Morgan fingerprint density at radius 1 is 1.91 bits per heavy atom. The molecule has 7 heteroatoms. The molecule has 0 bridgehead atoms. The van der Waals surface area contributed by atoms with Crippen molar-refractivity contribution in [3.63, 3.8) is 0 Å². The Bertz CT molecular complexity index is 264. The lowest BCUT2D eigenvalue weighted by atomic mass is 10.6. The predicted molar refractivity (Wildman–Crippen MR) is 47.6 cm³/mol. The molecule has 1 aromatic heterocycles. The molecule has 0 amide bonds. The second kappa shape index (κ2) is 3.93. The van der Waals surface area contributed by atoms with Gasteiger partial charge in [0.25, 0.3) is 0 Å². The number of thiazole rings is 1. The molecule has 0 saturated carbocycles. The topological polar surface area (TPSA) is 65.3 Å². The molecule has 60 valence electrons. The molecular formula is C4H3IN2O3S. The zero-order chi connectivity index (χ0) is 8.27. The lowest BCUT2D eigenvalue weighted by molar-refractivity contribution is -0.384.